The largest absolute Gasteiger partial charge is 0.455 e. The Balaban J connectivity index is 1.16. The van der Waals surface area contributed by atoms with Gasteiger partial charge in [-0.1, -0.05) is 153 Å². The van der Waals surface area contributed by atoms with Crippen molar-refractivity contribution in [2.24, 2.45) is 0 Å². The third kappa shape index (κ3) is 3.58. The van der Waals surface area contributed by atoms with Crippen LogP contribution >= 0.6 is 0 Å². The average Bonchev–Trinajstić information content (AvgIpc) is 3.69. The van der Waals surface area contributed by atoms with Gasteiger partial charge < -0.3 is 4.42 Å². The van der Waals surface area contributed by atoms with Gasteiger partial charge in [0.25, 0.3) is 0 Å². The highest BCUT2D eigenvalue weighted by Gasteiger charge is 2.37. The smallest absolute Gasteiger partial charge is 0.143 e. The number of rotatable bonds is 2. The second kappa shape index (κ2) is 9.87. The predicted molar refractivity (Wildman–Crippen MR) is 221 cm³/mol. The Morgan fingerprint density at radius 3 is 1.81 bits per heavy atom. The summed E-state index contributed by atoms with van der Waals surface area (Å²) in [5, 5.41) is 15.0. The van der Waals surface area contributed by atoms with Crippen molar-refractivity contribution in [2.75, 3.05) is 0 Å². The second-order valence-electron chi connectivity index (χ2n) is 15.2. The van der Waals surface area contributed by atoms with Crippen LogP contribution in [0.4, 0.5) is 0 Å². The highest BCUT2D eigenvalue weighted by Crippen LogP contribution is 2.53. The van der Waals surface area contributed by atoms with E-state index in [4.69, 9.17) is 4.42 Å². The molecule has 1 aromatic heterocycles. The minimum Gasteiger partial charge on any atom is -0.455 e. The summed E-state index contributed by atoms with van der Waals surface area (Å²) in [7, 11) is 0. The number of hydrogen-bond donors (Lipinski definition) is 0. The number of fused-ring (bicyclic) bond motifs is 10. The number of benzene rings is 10. The van der Waals surface area contributed by atoms with Crippen molar-refractivity contribution in [3.05, 3.63) is 169 Å². The standard InChI is InChI=1S/C51H32O/c1-51(2)44-27-20-34(28-43(44)41-23-16-29-8-3-5-12-35(29)48(41)51)37-25-26-40(47-42-24-17-30-9-4-6-13-36(30)49(42)52-50(37)47)38-21-18-33-15-14-31-10-7-11-32-19-22-39(38)46(33)45(31)32/h3-28H,1-2H3. The maximum absolute atomic E-state index is 7.13. The molecule has 0 radical (unpaired) electrons. The maximum atomic E-state index is 7.13. The van der Waals surface area contributed by atoms with E-state index < -0.39 is 0 Å². The number of furan rings is 1. The lowest BCUT2D eigenvalue weighted by Gasteiger charge is -2.23. The Bertz CT molecular complexity index is 3300. The first kappa shape index (κ1) is 28.3. The van der Waals surface area contributed by atoms with Crippen LogP contribution in [0.5, 0.6) is 0 Å². The van der Waals surface area contributed by atoms with Gasteiger partial charge >= 0.3 is 0 Å². The fourth-order valence-corrected chi connectivity index (χ4v) is 9.81. The molecule has 0 saturated carbocycles. The molecule has 1 aliphatic rings. The van der Waals surface area contributed by atoms with E-state index in [9.17, 15) is 0 Å². The van der Waals surface area contributed by atoms with Crippen LogP contribution in [0.1, 0.15) is 25.0 Å². The molecule has 0 spiro atoms. The van der Waals surface area contributed by atoms with Gasteiger partial charge in [-0.05, 0) is 106 Å². The molecule has 0 aliphatic heterocycles. The van der Waals surface area contributed by atoms with Crippen LogP contribution in [0, 0.1) is 0 Å². The molecular formula is C51H32O. The van der Waals surface area contributed by atoms with Crippen molar-refractivity contribution < 1.29 is 4.42 Å². The summed E-state index contributed by atoms with van der Waals surface area (Å²) in [5.74, 6) is 0. The molecule has 10 aromatic carbocycles. The number of hydrogen-bond acceptors (Lipinski definition) is 1. The molecule has 0 fully saturated rings. The van der Waals surface area contributed by atoms with Crippen LogP contribution < -0.4 is 0 Å². The summed E-state index contributed by atoms with van der Waals surface area (Å²) in [6.07, 6.45) is 0. The van der Waals surface area contributed by atoms with Crippen LogP contribution in [0.25, 0.3) is 109 Å². The Kier molecular flexibility index (Phi) is 5.37. The Labute approximate surface area is 300 Å². The van der Waals surface area contributed by atoms with Crippen molar-refractivity contribution >= 4 is 75.8 Å². The normalized spacial score (nSPS) is 13.7. The van der Waals surface area contributed by atoms with Crippen LogP contribution in [0.3, 0.4) is 0 Å². The lowest BCUT2D eigenvalue weighted by Crippen LogP contribution is -2.15. The van der Waals surface area contributed by atoms with Crippen molar-refractivity contribution in [1.29, 1.82) is 0 Å². The third-order valence-electron chi connectivity index (χ3n) is 12.2. The summed E-state index contributed by atoms with van der Waals surface area (Å²) in [4.78, 5) is 0. The molecule has 0 atom stereocenters. The molecule has 1 aliphatic carbocycles. The van der Waals surface area contributed by atoms with Gasteiger partial charge in [0.05, 0.1) is 0 Å². The van der Waals surface area contributed by atoms with Crippen molar-refractivity contribution in [3.63, 3.8) is 0 Å². The van der Waals surface area contributed by atoms with E-state index in [1.807, 2.05) is 0 Å². The summed E-state index contributed by atoms with van der Waals surface area (Å²) in [5.41, 5.74) is 11.9. The van der Waals surface area contributed by atoms with Gasteiger partial charge in [0, 0.05) is 27.1 Å². The molecule has 0 N–H and O–H groups in total. The summed E-state index contributed by atoms with van der Waals surface area (Å²) in [6.45, 7) is 4.75. The van der Waals surface area contributed by atoms with E-state index in [2.05, 4.69) is 172 Å². The van der Waals surface area contributed by atoms with E-state index >= 15 is 0 Å². The van der Waals surface area contributed by atoms with Gasteiger partial charge in [0.2, 0.25) is 0 Å². The van der Waals surface area contributed by atoms with E-state index in [-0.39, 0.29) is 5.41 Å². The van der Waals surface area contributed by atoms with Gasteiger partial charge in [0.15, 0.2) is 0 Å². The van der Waals surface area contributed by atoms with Crippen LogP contribution in [-0.4, -0.2) is 0 Å². The minimum atomic E-state index is -0.101. The topological polar surface area (TPSA) is 13.1 Å². The van der Waals surface area contributed by atoms with E-state index in [1.54, 1.807) is 0 Å². The molecule has 0 unspecified atom stereocenters. The van der Waals surface area contributed by atoms with Gasteiger partial charge in [0.1, 0.15) is 11.2 Å². The molecule has 0 bridgehead atoms. The molecule has 1 nitrogen and oxygen atoms in total. The first-order chi connectivity index (χ1) is 25.5. The van der Waals surface area contributed by atoms with Crippen molar-refractivity contribution in [1.82, 2.24) is 0 Å². The second-order valence-corrected chi connectivity index (χ2v) is 15.2. The van der Waals surface area contributed by atoms with E-state index in [1.165, 1.54) is 92.8 Å². The fourth-order valence-electron chi connectivity index (χ4n) is 9.81. The summed E-state index contributed by atoms with van der Waals surface area (Å²) in [6, 6.07) is 58.6. The molecule has 0 amide bonds. The van der Waals surface area contributed by atoms with Crippen molar-refractivity contribution in [2.45, 2.75) is 19.3 Å². The lowest BCUT2D eigenvalue weighted by atomic mass is 9.80. The molecule has 1 heteroatoms. The highest BCUT2D eigenvalue weighted by molar-refractivity contribution is 6.28. The zero-order valence-electron chi connectivity index (χ0n) is 28.9. The van der Waals surface area contributed by atoms with Crippen LogP contribution in [0.15, 0.2) is 162 Å². The SMILES string of the molecule is CC1(C)c2ccc(-c3ccc(-c4ccc5ccc6cccc7ccc4c5c67)c4c3oc3c5ccccc5ccc34)cc2-c2ccc3ccccc3c21. The maximum Gasteiger partial charge on any atom is 0.143 e. The molecule has 12 rings (SSSR count). The van der Waals surface area contributed by atoms with Crippen molar-refractivity contribution in [3.8, 4) is 33.4 Å². The molecule has 11 aromatic rings. The molecule has 52 heavy (non-hydrogen) atoms. The average molecular weight is 661 g/mol. The quantitative estimate of drug-likeness (QED) is 0.168. The lowest BCUT2D eigenvalue weighted by molar-refractivity contribution is 0.666. The monoisotopic (exact) mass is 660 g/mol. The highest BCUT2D eigenvalue weighted by atomic mass is 16.3. The summed E-state index contributed by atoms with van der Waals surface area (Å²) >= 11 is 0. The molecule has 1 heterocycles. The molecule has 242 valence electrons. The van der Waals surface area contributed by atoms with E-state index in [0.717, 1.165) is 27.5 Å². The van der Waals surface area contributed by atoms with Gasteiger partial charge in [-0.3, -0.25) is 0 Å². The Morgan fingerprint density at radius 2 is 0.962 bits per heavy atom. The zero-order chi connectivity index (χ0) is 34.3. The Morgan fingerprint density at radius 1 is 0.365 bits per heavy atom. The summed E-state index contributed by atoms with van der Waals surface area (Å²) < 4.78 is 7.13. The van der Waals surface area contributed by atoms with Gasteiger partial charge in [-0.2, -0.15) is 0 Å². The Hall–Kier alpha value is -6.44. The van der Waals surface area contributed by atoms with Gasteiger partial charge in [-0.15, -0.1) is 0 Å². The molecular weight excluding hydrogens is 629 g/mol. The zero-order valence-corrected chi connectivity index (χ0v) is 28.9. The molecule has 0 saturated heterocycles. The van der Waals surface area contributed by atoms with Gasteiger partial charge in [-0.25, -0.2) is 0 Å². The fraction of sp³-hybridized carbons (Fsp3) is 0.0588. The van der Waals surface area contributed by atoms with Crippen LogP contribution in [0.2, 0.25) is 0 Å². The third-order valence-corrected chi connectivity index (χ3v) is 12.2. The predicted octanol–water partition coefficient (Wildman–Crippen LogP) is 14.4. The first-order valence-electron chi connectivity index (χ1n) is 18.3. The van der Waals surface area contributed by atoms with E-state index in [0.29, 0.717) is 0 Å². The van der Waals surface area contributed by atoms with Crippen LogP contribution in [-0.2, 0) is 5.41 Å². The minimum absolute atomic E-state index is 0.101. The first-order valence-corrected chi connectivity index (χ1v) is 18.3.